The normalized spacial score (nSPS) is 23.5. The van der Waals surface area contributed by atoms with Gasteiger partial charge in [0.25, 0.3) is 5.56 Å². The van der Waals surface area contributed by atoms with Gasteiger partial charge in [-0.05, 0) is 69.2 Å². The predicted molar refractivity (Wildman–Crippen MR) is 105 cm³/mol. The number of rotatable bonds is 6. The number of aromatic hydroxyl groups is 1. The lowest BCUT2D eigenvalue weighted by molar-refractivity contribution is 0.0872. The summed E-state index contributed by atoms with van der Waals surface area (Å²) in [6.45, 7) is 4.02. The van der Waals surface area contributed by atoms with Crippen molar-refractivity contribution in [2.24, 2.45) is 5.92 Å². The van der Waals surface area contributed by atoms with Crippen molar-refractivity contribution in [3.05, 3.63) is 44.1 Å². The Morgan fingerprint density at radius 3 is 2.78 bits per heavy atom. The van der Waals surface area contributed by atoms with E-state index in [1.54, 1.807) is 11.3 Å². The monoisotopic (exact) mass is 392 g/mol. The molecule has 0 spiro atoms. The van der Waals surface area contributed by atoms with Gasteiger partial charge in [0.1, 0.15) is 5.82 Å². The maximum atomic E-state index is 12.9. The molecule has 2 aromatic heterocycles. The van der Waals surface area contributed by atoms with Gasteiger partial charge in [0.2, 0.25) is 5.88 Å². The van der Waals surface area contributed by atoms with Crippen LogP contribution in [0.25, 0.3) is 0 Å². The SMILES string of the molecule is CC(C)(c1nc(O)c(C2CC(O)CCC2CCCO)c(=O)[nH]1)c1cccs1. The Labute approximate surface area is 162 Å². The zero-order valence-electron chi connectivity index (χ0n) is 15.8. The van der Waals surface area contributed by atoms with Gasteiger partial charge in [0.15, 0.2) is 0 Å². The fraction of sp³-hybridized carbons (Fsp3) is 0.600. The molecular weight excluding hydrogens is 364 g/mol. The summed E-state index contributed by atoms with van der Waals surface area (Å²) in [5, 5.41) is 31.9. The summed E-state index contributed by atoms with van der Waals surface area (Å²) >= 11 is 1.58. The molecule has 148 valence electrons. The quantitative estimate of drug-likeness (QED) is 0.605. The van der Waals surface area contributed by atoms with Crippen LogP contribution in [-0.2, 0) is 5.41 Å². The molecular formula is C20H28N2O4S. The van der Waals surface area contributed by atoms with Gasteiger partial charge in [-0.25, -0.2) is 0 Å². The molecule has 2 aromatic rings. The highest BCUT2D eigenvalue weighted by Gasteiger charge is 2.36. The van der Waals surface area contributed by atoms with E-state index in [1.807, 2.05) is 31.4 Å². The average Bonchev–Trinajstić information content (AvgIpc) is 3.16. The molecule has 0 bridgehead atoms. The van der Waals surface area contributed by atoms with Crippen LogP contribution in [0.15, 0.2) is 22.3 Å². The standard InChI is InChI=1S/C20H28N2O4S/c1-20(2,15-6-4-10-27-15)19-21-17(25)16(18(26)22-19)14-11-13(24)8-7-12(14)5-3-9-23/h4,6,10,12-14,23-24H,3,5,7-9,11H2,1-2H3,(H2,21,22,25,26). The highest BCUT2D eigenvalue weighted by molar-refractivity contribution is 7.10. The number of nitrogens with one attached hydrogen (secondary N) is 1. The molecule has 3 rings (SSSR count). The van der Waals surface area contributed by atoms with E-state index in [0.29, 0.717) is 25.1 Å². The molecule has 0 saturated heterocycles. The fourth-order valence-electron chi connectivity index (χ4n) is 4.12. The summed E-state index contributed by atoms with van der Waals surface area (Å²) in [7, 11) is 0. The van der Waals surface area contributed by atoms with Crippen molar-refractivity contribution in [2.45, 2.75) is 63.4 Å². The van der Waals surface area contributed by atoms with Crippen LogP contribution >= 0.6 is 11.3 Å². The molecule has 0 aromatic carbocycles. The lowest BCUT2D eigenvalue weighted by Crippen LogP contribution is -2.33. The number of hydrogen-bond donors (Lipinski definition) is 4. The number of thiophene rings is 1. The van der Waals surface area contributed by atoms with E-state index in [1.165, 1.54) is 0 Å². The Morgan fingerprint density at radius 1 is 1.37 bits per heavy atom. The lowest BCUT2D eigenvalue weighted by atomic mass is 9.73. The number of H-pyrrole nitrogens is 1. The molecule has 1 saturated carbocycles. The number of aromatic amines is 1. The minimum absolute atomic E-state index is 0.0975. The first kappa shape index (κ1) is 20.0. The summed E-state index contributed by atoms with van der Waals surface area (Å²) in [4.78, 5) is 21.2. The Hall–Kier alpha value is -1.70. The van der Waals surface area contributed by atoms with Gasteiger partial charge in [0, 0.05) is 11.5 Å². The fourth-order valence-corrected chi connectivity index (χ4v) is 4.97. The molecule has 0 radical (unpaired) electrons. The van der Waals surface area contributed by atoms with Gasteiger partial charge >= 0.3 is 0 Å². The zero-order chi connectivity index (χ0) is 19.6. The zero-order valence-corrected chi connectivity index (χ0v) is 16.6. The molecule has 4 N–H and O–H groups in total. The molecule has 6 nitrogen and oxygen atoms in total. The van der Waals surface area contributed by atoms with E-state index in [4.69, 9.17) is 5.11 Å². The summed E-state index contributed by atoms with van der Waals surface area (Å²) in [6, 6.07) is 3.93. The second kappa shape index (κ2) is 8.12. The topological polar surface area (TPSA) is 106 Å². The van der Waals surface area contributed by atoms with Crippen LogP contribution in [0.1, 0.15) is 68.1 Å². The van der Waals surface area contributed by atoms with Crippen LogP contribution in [0.2, 0.25) is 0 Å². The van der Waals surface area contributed by atoms with Gasteiger partial charge < -0.3 is 20.3 Å². The highest BCUT2D eigenvalue weighted by atomic mass is 32.1. The number of aliphatic hydroxyl groups is 2. The minimum Gasteiger partial charge on any atom is -0.493 e. The molecule has 1 fully saturated rings. The largest absolute Gasteiger partial charge is 0.493 e. The molecule has 0 aliphatic heterocycles. The Kier molecular flexibility index (Phi) is 6.03. The molecule has 1 aliphatic rings. The molecule has 1 aliphatic carbocycles. The molecule has 2 heterocycles. The van der Waals surface area contributed by atoms with Crippen LogP contribution in [0.4, 0.5) is 0 Å². The van der Waals surface area contributed by atoms with E-state index in [-0.39, 0.29) is 35.4 Å². The molecule has 3 atom stereocenters. The first-order valence-corrected chi connectivity index (χ1v) is 10.4. The van der Waals surface area contributed by atoms with Gasteiger partial charge in [-0.15, -0.1) is 11.3 Å². The maximum absolute atomic E-state index is 12.9. The minimum atomic E-state index is -0.522. The third-order valence-electron chi connectivity index (χ3n) is 5.73. The second-order valence-electron chi connectivity index (χ2n) is 7.95. The van der Waals surface area contributed by atoms with Gasteiger partial charge in [-0.3, -0.25) is 4.79 Å². The van der Waals surface area contributed by atoms with Gasteiger partial charge in [0.05, 0.1) is 17.1 Å². The third kappa shape index (κ3) is 4.10. The Morgan fingerprint density at radius 2 is 2.15 bits per heavy atom. The van der Waals surface area contributed by atoms with Crippen molar-refractivity contribution >= 4 is 11.3 Å². The van der Waals surface area contributed by atoms with Crippen molar-refractivity contribution in [3.8, 4) is 5.88 Å². The van der Waals surface area contributed by atoms with Crippen LogP contribution in [-0.4, -0.2) is 38.0 Å². The summed E-state index contributed by atoms with van der Waals surface area (Å²) in [5.74, 6) is 0.0758. The smallest absolute Gasteiger partial charge is 0.258 e. The maximum Gasteiger partial charge on any atom is 0.258 e. The third-order valence-corrected chi connectivity index (χ3v) is 6.93. The van der Waals surface area contributed by atoms with E-state index in [9.17, 15) is 15.0 Å². The lowest BCUT2D eigenvalue weighted by Gasteiger charge is -2.34. The first-order chi connectivity index (χ1) is 12.8. The van der Waals surface area contributed by atoms with Crippen LogP contribution in [0.3, 0.4) is 0 Å². The van der Waals surface area contributed by atoms with E-state index in [0.717, 1.165) is 17.7 Å². The van der Waals surface area contributed by atoms with E-state index in [2.05, 4.69) is 9.97 Å². The molecule has 3 unspecified atom stereocenters. The van der Waals surface area contributed by atoms with Crippen LogP contribution < -0.4 is 5.56 Å². The summed E-state index contributed by atoms with van der Waals surface area (Å²) < 4.78 is 0. The van der Waals surface area contributed by atoms with Crippen molar-refractivity contribution in [2.75, 3.05) is 6.61 Å². The first-order valence-electron chi connectivity index (χ1n) is 9.51. The predicted octanol–water partition coefficient (Wildman–Crippen LogP) is 2.88. The molecule has 27 heavy (non-hydrogen) atoms. The van der Waals surface area contributed by atoms with Crippen molar-refractivity contribution in [1.29, 1.82) is 0 Å². The molecule has 0 amide bonds. The van der Waals surface area contributed by atoms with Crippen LogP contribution in [0.5, 0.6) is 5.88 Å². The van der Waals surface area contributed by atoms with Crippen molar-refractivity contribution in [1.82, 2.24) is 9.97 Å². The van der Waals surface area contributed by atoms with Crippen molar-refractivity contribution in [3.63, 3.8) is 0 Å². The number of hydrogen-bond acceptors (Lipinski definition) is 6. The second-order valence-corrected chi connectivity index (χ2v) is 8.90. The van der Waals surface area contributed by atoms with E-state index < -0.39 is 11.5 Å². The number of nitrogens with zero attached hydrogens (tertiary/aromatic N) is 1. The van der Waals surface area contributed by atoms with Gasteiger partial charge in [-0.1, -0.05) is 6.07 Å². The Balaban J connectivity index is 1.97. The summed E-state index contributed by atoms with van der Waals surface area (Å²) in [6.07, 6.45) is 2.81. The average molecular weight is 393 g/mol. The van der Waals surface area contributed by atoms with Crippen LogP contribution in [0, 0.1) is 5.92 Å². The van der Waals surface area contributed by atoms with Crippen molar-refractivity contribution < 1.29 is 15.3 Å². The Bertz CT molecular complexity index is 814. The van der Waals surface area contributed by atoms with E-state index >= 15 is 0 Å². The highest BCUT2D eigenvalue weighted by Crippen LogP contribution is 2.42. The van der Waals surface area contributed by atoms with Gasteiger partial charge in [-0.2, -0.15) is 4.98 Å². The molecule has 7 heteroatoms. The number of aromatic nitrogens is 2. The summed E-state index contributed by atoms with van der Waals surface area (Å²) in [5.41, 5.74) is -0.594. The number of aliphatic hydroxyl groups excluding tert-OH is 2.